The molecule has 0 spiro atoms. The van der Waals surface area contributed by atoms with Crippen LogP contribution in [0.5, 0.6) is 0 Å². The van der Waals surface area contributed by atoms with E-state index < -0.39 is 0 Å². The van der Waals surface area contributed by atoms with Crippen molar-refractivity contribution in [3.63, 3.8) is 0 Å². The first-order valence-corrected chi connectivity index (χ1v) is 22.8. The minimum Gasteiger partial charge on any atom is -0.462 e. The van der Waals surface area contributed by atoms with Crippen molar-refractivity contribution in [3.05, 3.63) is 23.3 Å². The Morgan fingerprint density at radius 3 is 1.20 bits per heavy atom. The maximum Gasteiger partial charge on any atom is 0.309 e. The van der Waals surface area contributed by atoms with Gasteiger partial charge >= 0.3 is 11.9 Å². The van der Waals surface area contributed by atoms with Gasteiger partial charge in [0.15, 0.2) is 0 Å². The van der Waals surface area contributed by atoms with Crippen molar-refractivity contribution in [2.24, 2.45) is 35.5 Å². The van der Waals surface area contributed by atoms with Crippen molar-refractivity contribution in [1.29, 1.82) is 0 Å². The van der Waals surface area contributed by atoms with Crippen LogP contribution >= 0.6 is 0 Å². The normalized spacial score (nSPS) is 31.5. The second-order valence-corrected chi connectivity index (χ2v) is 18.0. The van der Waals surface area contributed by atoms with Gasteiger partial charge in [-0.15, -0.1) is 0 Å². The van der Waals surface area contributed by atoms with Crippen molar-refractivity contribution in [2.75, 3.05) is 0 Å². The minimum atomic E-state index is 0.105. The van der Waals surface area contributed by atoms with Crippen LogP contribution < -0.4 is 0 Å². The zero-order valence-electron chi connectivity index (χ0n) is 33.3. The van der Waals surface area contributed by atoms with Gasteiger partial charge in [0.05, 0.1) is 11.8 Å². The lowest BCUT2D eigenvalue weighted by Gasteiger charge is -2.33. The SMILES string of the molecule is CCCCCCCCC1CCC(C(=O)OC2CCC(C3=CC=C(C4CCC(OC(=O)C5CCC(CCCCCCCC)CC5)CC4)C3)CC2)CC1. The molecular formula is C47H78O4. The summed E-state index contributed by atoms with van der Waals surface area (Å²) in [6.07, 6.45) is 43.2. The molecule has 0 saturated heterocycles. The number of unbranched alkanes of at least 4 members (excludes halogenated alkanes) is 10. The molecule has 290 valence electrons. The van der Waals surface area contributed by atoms with Crippen molar-refractivity contribution in [2.45, 2.75) is 225 Å². The van der Waals surface area contributed by atoms with E-state index in [2.05, 4.69) is 26.0 Å². The Morgan fingerprint density at radius 1 is 0.471 bits per heavy atom. The molecule has 0 radical (unpaired) electrons. The average Bonchev–Trinajstić information content (AvgIpc) is 3.66. The second kappa shape index (κ2) is 22.6. The molecule has 4 heteroatoms. The number of esters is 2. The number of allylic oxidation sites excluding steroid dienone is 4. The highest BCUT2D eigenvalue weighted by atomic mass is 16.5. The molecule has 4 nitrogen and oxygen atoms in total. The Morgan fingerprint density at radius 2 is 0.824 bits per heavy atom. The van der Waals surface area contributed by atoms with E-state index in [-0.39, 0.29) is 36.0 Å². The fourth-order valence-corrected chi connectivity index (χ4v) is 10.6. The Balaban J connectivity index is 0.892. The maximum atomic E-state index is 13.1. The highest BCUT2D eigenvalue weighted by Gasteiger charge is 2.34. The second-order valence-electron chi connectivity index (χ2n) is 18.0. The van der Waals surface area contributed by atoms with Gasteiger partial charge in [-0.1, -0.05) is 127 Å². The van der Waals surface area contributed by atoms with Crippen LogP contribution in [0.4, 0.5) is 0 Å². The molecule has 0 aromatic carbocycles. The lowest BCUT2D eigenvalue weighted by Crippen LogP contribution is -2.30. The summed E-state index contributed by atoms with van der Waals surface area (Å²) >= 11 is 0. The molecule has 0 amide bonds. The third-order valence-electron chi connectivity index (χ3n) is 14.2. The Bertz CT molecular complexity index is 974. The zero-order valence-corrected chi connectivity index (χ0v) is 33.3. The number of hydrogen-bond acceptors (Lipinski definition) is 4. The summed E-state index contributed by atoms with van der Waals surface area (Å²) in [5.74, 6) is 3.45. The van der Waals surface area contributed by atoms with Crippen molar-refractivity contribution in [1.82, 2.24) is 0 Å². The minimum absolute atomic E-state index is 0.105. The van der Waals surface area contributed by atoms with E-state index in [0.29, 0.717) is 11.8 Å². The van der Waals surface area contributed by atoms with Gasteiger partial charge in [-0.05, 0) is 133 Å². The van der Waals surface area contributed by atoms with Crippen LogP contribution in [0, 0.1) is 35.5 Å². The number of carbonyl (C=O) groups excluding carboxylic acids is 2. The average molecular weight is 707 g/mol. The molecule has 0 bridgehead atoms. The van der Waals surface area contributed by atoms with Crippen LogP contribution in [-0.2, 0) is 19.1 Å². The summed E-state index contributed by atoms with van der Waals surface area (Å²) in [5.41, 5.74) is 3.22. The van der Waals surface area contributed by atoms with Crippen LogP contribution in [-0.4, -0.2) is 24.1 Å². The van der Waals surface area contributed by atoms with Gasteiger partial charge in [0.25, 0.3) is 0 Å². The van der Waals surface area contributed by atoms with Gasteiger partial charge in [0.2, 0.25) is 0 Å². The van der Waals surface area contributed by atoms with Gasteiger partial charge in [-0.3, -0.25) is 9.59 Å². The quantitative estimate of drug-likeness (QED) is 0.0934. The van der Waals surface area contributed by atoms with E-state index in [1.807, 2.05) is 0 Å². The summed E-state index contributed by atoms with van der Waals surface area (Å²) in [7, 11) is 0. The fourth-order valence-electron chi connectivity index (χ4n) is 10.6. The molecule has 5 aliphatic rings. The first kappa shape index (κ1) is 40.6. The van der Waals surface area contributed by atoms with Gasteiger partial charge in [0.1, 0.15) is 12.2 Å². The largest absolute Gasteiger partial charge is 0.462 e. The Hall–Kier alpha value is -1.58. The lowest BCUT2D eigenvalue weighted by atomic mass is 9.78. The summed E-state index contributed by atoms with van der Waals surface area (Å²) in [6, 6.07) is 0. The van der Waals surface area contributed by atoms with E-state index in [4.69, 9.17) is 9.47 Å². The molecule has 0 aromatic rings. The molecule has 0 atom stereocenters. The topological polar surface area (TPSA) is 52.6 Å². The summed E-state index contributed by atoms with van der Waals surface area (Å²) < 4.78 is 12.3. The van der Waals surface area contributed by atoms with E-state index in [9.17, 15) is 9.59 Å². The monoisotopic (exact) mass is 707 g/mol. The predicted octanol–water partition coefficient (Wildman–Crippen LogP) is 13.6. The van der Waals surface area contributed by atoms with Gasteiger partial charge in [0, 0.05) is 0 Å². The highest BCUT2D eigenvalue weighted by Crippen LogP contribution is 2.43. The molecule has 51 heavy (non-hydrogen) atoms. The van der Waals surface area contributed by atoms with Crippen molar-refractivity contribution < 1.29 is 19.1 Å². The predicted molar refractivity (Wildman–Crippen MR) is 211 cm³/mol. The number of carbonyl (C=O) groups is 2. The molecule has 0 aliphatic heterocycles. The number of ether oxygens (including phenoxy) is 2. The fraction of sp³-hybridized carbons (Fsp3) is 0.872. The molecule has 0 heterocycles. The van der Waals surface area contributed by atoms with E-state index in [1.165, 1.54) is 116 Å². The standard InChI is InChI=1S/C47H78O4/c1-3-5-7-9-11-13-15-36-17-21-40(22-18-36)46(48)50-44-31-27-38(28-32-44)42-25-26-43(35-42)39-29-33-45(34-30-39)51-47(49)41-23-19-37(20-24-41)16-14-12-10-8-6-4-2/h25-26,36-41,44-45H,3-24,27-35H2,1-2H3. The zero-order chi connectivity index (χ0) is 35.7. The Kier molecular flexibility index (Phi) is 18.0. The first-order chi connectivity index (χ1) is 25.0. The smallest absolute Gasteiger partial charge is 0.309 e. The Labute approximate surface area is 314 Å². The van der Waals surface area contributed by atoms with Gasteiger partial charge in [-0.25, -0.2) is 0 Å². The molecule has 0 N–H and O–H groups in total. The van der Waals surface area contributed by atoms with E-state index in [1.54, 1.807) is 11.1 Å². The third-order valence-corrected chi connectivity index (χ3v) is 14.2. The summed E-state index contributed by atoms with van der Waals surface area (Å²) in [5, 5.41) is 0. The number of hydrogen-bond donors (Lipinski definition) is 0. The maximum absolute atomic E-state index is 13.1. The van der Waals surface area contributed by atoms with E-state index in [0.717, 1.165) is 95.3 Å². The highest BCUT2D eigenvalue weighted by molar-refractivity contribution is 5.73. The van der Waals surface area contributed by atoms with Crippen LogP contribution in [0.25, 0.3) is 0 Å². The van der Waals surface area contributed by atoms with Crippen molar-refractivity contribution >= 4 is 11.9 Å². The van der Waals surface area contributed by atoms with Gasteiger partial charge < -0.3 is 9.47 Å². The summed E-state index contributed by atoms with van der Waals surface area (Å²) in [4.78, 5) is 26.1. The lowest BCUT2D eigenvalue weighted by molar-refractivity contribution is -0.158. The van der Waals surface area contributed by atoms with Crippen LogP contribution in [0.3, 0.4) is 0 Å². The van der Waals surface area contributed by atoms with Gasteiger partial charge in [-0.2, -0.15) is 0 Å². The molecular weight excluding hydrogens is 629 g/mol. The van der Waals surface area contributed by atoms with Crippen LogP contribution in [0.1, 0.15) is 213 Å². The molecule has 0 aromatic heterocycles. The van der Waals surface area contributed by atoms with E-state index >= 15 is 0 Å². The van der Waals surface area contributed by atoms with Crippen molar-refractivity contribution in [3.8, 4) is 0 Å². The van der Waals surface area contributed by atoms with Crippen LogP contribution in [0.15, 0.2) is 23.3 Å². The molecule has 4 saturated carbocycles. The summed E-state index contributed by atoms with van der Waals surface area (Å²) in [6.45, 7) is 4.57. The van der Waals surface area contributed by atoms with Crippen LogP contribution in [0.2, 0.25) is 0 Å². The third kappa shape index (κ3) is 13.7. The number of rotatable bonds is 20. The molecule has 0 unspecified atom stereocenters. The molecule has 5 rings (SSSR count). The molecule has 5 aliphatic carbocycles. The first-order valence-electron chi connectivity index (χ1n) is 22.8. The molecule has 4 fully saturated rings.